The molecule has 5 heteroatoms. The minimum atomic E-state index is 0.357. The van der Waals surface area contributed by atoms with Crippen LogP contribution in [-0.2, 0) is 24.1 Å². The van der Waals surface area contributed by atoms with Crippen LogP contribution in [0.25, 0.3) is 0 Å². The maximum atomic E-state index is 5.72. The fourth-order valence-electron chi connectivity index (χ4n) is 2.81. The third-order valence-electron chi connectivity index (χ3n) is 3.90. The van der Waals surface area contributed by atoms with Gasteiger partial charge in [-0.05, 0) is 31.7 Å². The molecule has 2 aliphatic rings. The van der Waals surface area contributed by atoms with Crippen LogP contribution >= 0.6 is 0 Å². The highest BCUT2D eigenvalue weighted by atomic mass is 16.5. The van der Waals surface area contributed by atoms with Crippen LogP contribution in [0.5, 0.6) is 0 Å². The quantitative estimate of drug-likeness (QED) is 0.831. The van der Waals surface area contributed by atoms with Gasteiger partial charge in [-0.25, -0.2) is 0 Å². The Morgan fingerprint density at radius 2 is 2.29 bits per heavy atom. The minimum absolute atomic E-state index is 0.357. The van der Waals surface area contributed by atoms with E-state index in [0.29, 0.717) is 12.0 Å². The number of fused-ring (bicyclic) bond motifs is 1. The van der Waals surface area contributed by atoms with Gasteiger partial charge in [0.25, 0.3) is 0 Å². The third kappa shape index (κ3) is 2.21. The molecule has 0 amide bonds. The minimum Gasteiger partial charge on any atom is -0.378 e. The molecule has 2 aliphatic heterocycles. The first-order chi connectivity index (χ1) is 8.36. The molecule has 94 valence electrons. The van der Waals surface area contributed by atoms with Crippen molar-refractivity contribution in [1.82, 2.24) is 14.8 Å². The lowest BCUT2D eigenvalue weighted by atomic mass is 9.98. The van der Waals surface area contributed by atoms with E-state index < -0.39 is 0 Å². The van der Waals surface area contributed by atoms with Gasteiger partial charge in [-0.1, -0.05) is 0 Å². The predicted molar refractivity (Wildman–Crippen MR) is 63.6 cm³/mol. The molecule has 0 aliphatic carbocycles. The van der Waals surface area contributed by atoms with Gasteiger partial charge in [-0.3, -0.25) is 0 Å². The van der Waals surface area contributed by atoms with Crippen LogP contribution in [0.15, 0.2) is 0 Å². The van der Waals surface area contributed by atoms with Crippen molar-refractivity contribution in [3.8, 4) is 0 Å². The number of nitrogens with two attached hydrogens (primary N) is 1. The Balaban J connectivity index is 1.72. The van der Waals surface area contributed by atoms with Gasteiger partial charge in [0, 0.05) is 26.0 Å². The molecule has 3 rings (SSSR count). The van der Waals surface area contributed by atoms with Gasteiger partial charge in [0.05, 0.1) is 6.10 Å². The predicted octanol–water partition coefficient (Wildman–Crippen LogP) is 0.521. The van der Waals surface area contributed by atoms with E-state index >= 15 is 0 Å². The summed E-state index contributed by atoms with van der Waals surface area (Å²) in [6.45, 7) is 2.68. The topological polar surface area (TPSA) is 66.0 Å². The molecule has 1 aromatic heterocycles. The molecule has 17 heavy (non-hydrogen) atoms. The van der Waals surface area contributed by atoms with Crippen molar-refractivity contribution >= 4 is 0 Å². The Morgan fingerprint density at radius 1 is 1.35 bits per heavy atom. The van der Waals surface area contributed by atoms with Crippen molar-refractivity contribution in [2.45, 2.75) is 44.8 Å². The maximum Gasteiger partial charge on any atom is 0.135 e. The first kappa shape index (κ1) is 11.2. The van der Waals surface area contributed by atoms with Crippen molar-refractivity contribution in [1.29, 1.82) is 0 Å². The van der Waals surface area contributed by atoms with Gasteiger partial charge in [-0.15, -0.1) is 10.2 Å². The molecule has 0 aromatic carbocycles. The summed E-state index contributed by atoms with van der Waals surface area (Å²) >= 11 is 0. The molecule has 3 heterocycles. The second-order valence-electron chi connectivity index (χ2n) is 5.12. The smallest absolute Gasteiger partial charge is 0.135 e. The molecule has 2 atom stereocenters. The maximum absolute atomic E-state index is 5.72. The monoisotopic (exact) mass is 236 g/mol. The van der Waals surface area contributed by atoms with Crippen LogP contribution in [0.2, 0.25) is 0 Å². The summed E-state index contributed by atoms with van der Waals surface area (Å²) in [5.41, 5.74) is 5.72. The molecular formula is C12H20N4O. The van der Waals surface area contributed by atoms with E-state index in [4.69, 9.17) is 10.5 Å². The van der Waals surface area contributed by atoms with Crippen LogP contribution in [-0.4, -0.2) is 34.0 Å². The van der Waals surface area contributed by atoms with Gasteiger partial charge >= 0.3 is 0 Å². The van der Waals surface area contributed by atoms with E-state index in [1.165, 1.54) is 6.42 Å². The Morgan fingerprint density at radius 3 is 3.06 bits per heavy atom. The second kappa shape index (κ2) is 4.74. The lowest BCUT2D eigenvalue weighted by Gasteiger charge is -2.22. The molecule has 0 saturated carbocycles. The molecular weight excluding hydrogens is 216 g/mol. The van der Waals surface area contributed by atoms with E-state index in [1.807, 2.05) is 0 Å². The summed E-state index contributed by atoms with van der Waals surface area (Å²) in [6.07, 6.45) is 5.75. The van der Waals surface area contributed by atoms with E-state index in [-0.39, 0.29) is 0 Å². The first-order valence-corrected chi connectivity index (χ1v) is 6.59. The fraction of sp³-hybridized carbons (Fsp3) is 0.833. The highest BCUT2D eigenvalue weighted by molar-refractivity contribution is 5.02. The zero-order valence-corrected chi connectivity index (χ0v) is 10.1. The van der Waals surface area contributed by atoms with Gasteiger partial charge < -0.3 is 15.0 Å². The third-order valence-corrected chi connectivity index (χ3v) is 3.90. The lowest BCUT2D eigenvalue weighted by Crippen LogP contribution is -2.27. The Hall–Kier alpha value is -0.940. The molecule has 0 radical (unpaired) electrons. The van der Waals surface area contributed by atoms with E-state index in [0.717, 1.165) is 57.0 Å². The number of rotatable bonds is 3. The molecule has 0 bridgehead atoms. The normalized spacial score (nSPS) is 28.3. The molecule has 1 saturated heterocycles. The number of nitrogens with zero attached hydrogens (tertiary/aromatic N) is 3. The van der Waals surface area contributed by atoms with Gasteiger partial charge in [0.15, 0.2) is 0 Å². The Bertz CT molecular complexity index is 384. The second-order valence-corrected chi connectivity index (χ2v) is 5.12. The molecule has 0 spiro atoms. The van der Waals surface area contributed by atoms with E-state index in [1.54, 1.807) is 0 Å². The summed E-state index contributed by atoms with van der Waals surface area (Å²) in [5, 5.41) is 8.62. The first-order valence-electron chi connectivity index (χ1n) is 6.59. The number of hydrogen-bond donors (Lipinski definition) is 1. The lowest BCUT2D eigenvalue weighted by molar-refractivity contribution is 0.108. The molecule has 1 aromatic rings. The van der Waals surface area contributed by atoms with Gasteiger partial charge in [0.2, 0.25) is 0 Å². The van der Waals surface area contributed by atoms with Crippen LogP contribution in [0.3, 0.4) is 0 Å². The fourth-order valence-corrected chi connectivity index (χ4v) is 2.81. The number of hydrogen-bond acceptors (Lipinski definition) is 4. The molecule has 5 nitrogen and oxygen atoms in total. The average molecular weight is 236 g/mol. The Labute approximate surface area is 101 Å². The Kier molecular flexibility index (Phi) is 3.11. The van der Waals surface area contributed by atoms with E-state index in [9.17, 15) is 0 Å². The standard InChI is InChI=1S/C12H20N4O/c13-8-9-3-4-16-11(6-9)14-15-12(16)7-10-2-1-5-17-10/h9-10H,1-8,13H2. The molecule has 1 fully saturated rings. The summed E-state index contributed by atoms with van der Waals surface area (Å²) in [5.74, 6) is 2.80. The number of aromatic nitrogens is 3. The van der Waals surface area contributed by atoms with Crippen molar-refractivity contribution in [3.63, 3.8) is 0 Å². The van der Waals surface area contributed by atoms with Crippen LogP contribution in [0, 0.1) is 5.92 Å². The highest BCUT2D eigenvalue weighted by Gasteiger charge is 2.24. The largest absolute Gasteiger partial charge is 0.378 e. The highest BCUT2D eigenvalue weighted by Crippen LogP contribution is 2.22. The van der Waals surface area contributed by atoms with Gasteiger partial charge in [0.1, 0.15) is 11.6 Å². The average Bonchev–Trinajstić information content (AvgIpc) is 2.99. The number of ether oxygens (including phenoxy) is 1. The van der Waals surface area contributed by atoms with Crippen LogP contribution in [0.1, 0.15) is 30.9 Å². The van der Waals surface area contributed by atoms with Crippen molar-refractivity contribution in [2.75, 3.05) is 13.2 Å². The molecule has 2 N–H and O–H groups in total. The summed E-state index contributed by atoms with van der Waals surface area (Å²) < 4.78 is 7.93. The van der Waals surface area contributed by atoms with Crippen molar-refractivity contribution in [2.24, 2.45) is 11.7 Å². The zero-order chi connectivity index (χ0) is 11.7. The van der Waals surface area contributed by atoms with Crippen molar-refractivity contribution < 1.29 is 4.74 Å². The summed E-state index contributed by atoms with van der Waals surface area (Å²) in [6, 6.07) is 0. The SMILES string of the molecule is NCC1CCn2c(nnc2CC2CCCO2)C1. The summed E-state index contributed by atoms with van der Waals surface area (Å²) in [4.78, 5) is 0. The van der Waals surface area contributed by atoms with Crippen LogP contribution in [0.4, 0.5) is 0 Å². The van der Waals surface area contributed by atoms with E-state index in [2.05, 4.69) is 14.8 Å². The zero-order valence-electron chi connectivity index (χ0n) is 10.1. The van der Waals surface area contributed by atoms with Crippen molar-refractivity contribution in [3.05, 3.63) is 11.6 Å². The summed E-state index contributed by atoms with van der Waals surface area (Å²) in [7, 11) is 0. The van der Waals surface area contributed by atoms with Gasteiger partial charge in [-0.2, -0.15) is 0 Å². The van der Waals surface area contributed by atoms with Crippen LogP contribution < -0.4 is 5.73 Å². The molecule has 2 unspecified atom stereocenters.